The molecule has 1 aliphatic heterocycles. The second-order valence-electron chi connectivity index (χ2n) is 6.12. The molecule has 2 amide bonds. The average Bonchev–Trinajstić information content (AvgIpc) is 2.55. The summed E-state index contributed by atoms with van der Waals surface area (Å²) < 4.78 is 5.56. The van der Waals surface area contributed by atoms with Crippen molar-refractivity contribution in [1.29, 1.82) is 0 Å². The summed E-state index contributed by atoms with van der Waals surface area (Å²) in [7, 11) is 0. The van der Waals surface area contributed by atoms with Crippen molar-refractivity contribution in [1.82, 2.24) is 5.32 Å². The smallest absolute Gasteiger partial charge is 0.319 e. The van der Waals surface area contributed by atoms with Gasteiger partial charge in [-0.3, -0.25) is 0 Å². The van der Waals surface area contributed by atoms with Gasteiger partial charge in [0.15, 0.2) is 0 Å². The van der Waals surface area contributed by atoms with Crippen molar-refractivity contribution in [2.45, 2.75) is 45.6 Å². The first kappa shape index (κ1) is 17.6. The molecule has 1 atom stereocenters. The molecule has 0 aromatic heterocycles. The van der Waals surface area contributed by atoms with Crippen LogP contribution >= 0.6 is 0 Å². The van der Waals surface area contributed by atoms with Crippen molar-refractivity contribution in [2.24, 2.45) is 0 Å². The van der Waals surface area contributed by atoms with Crippen LogP contribution in [0, 0.1) is 0 Å². The topological polar surface area (TPSA) is 53.6 Å². The van der Waals surface area contributed by atoms with Gasteiger partial charge >= 0.3 is 6.03 Å². The zero-order valence-electron chi connectivity index (χ0n) is 14.3. The number of unbranched alkanes of at least 4 members (excludes halogenated alkanes) is 3. The summed E-state index contributed by atoms with van der Waals surface area (Å²) >= 11 is 0. The molecule has 1 unspecified atom stereocenters. The number of rotatable bonds is 7. The van der Waals surface area contributed by atoms with E-state index in [0.717, 1.165) is 38.3 Å². The molecule has 1 heterocycles. The fourth-order valence-electron chi connectivity index (χ4n) is 2.74. The van der Waals surface area contributed by atoms with Crippen molar-refractivity contribution in [2.75, 3.05) is 36.5 Å². The van der Waals surface area contributed by atoms with Gasteiger partial charge in [-0.15, -0.1) is 0 Å². The highest BCUT2D eigenvalue weighted by atomic mass is 16.5. The Morgan fingerprint density at radius 1 is 1.26 bits per heavy atom. The molecule has 128 valence electrons. The summed E-state index contributed by atoms with van der Waals surface area (Å²) in [4.78, 5) is 14.1. The molecule has 23 heavy (non-hydrogen) atoms. The van der Waals surface area contributed by atoms with Gasteiger partial charge in [0.2, 0.25) is 0 Å². The van der Waals surface area contributed by atoms with Crippen molar-refractivity contribution < 1.29 is 9.53 Å². The first-order chi connectivity index (χ1) is 11.2. The molecular weight excluding hydrogens is 290 g/mol. The standard InChI is InChI=1S/C18H29N3O2/c1-3-4-5-6-11-19-18(22)20-16-7-9-17(10-8-16)21-12-13-23-15(2)14-21/h7-10,15H,3-6,11-14H2,1-2H3,(H2,19,20,22). The fourth-order valence-corrected chi connectivity index (χ4v) is 2.74. The molecule has 0 radical (unpaired) electrons. The number of urea groups is 1. The van der Waals surface area contributed by atoms with E-state index < -0.39 is 0 Å². The summed E-state index contributed by atoms with van der Waals surface area (Å²) in [5.41, 5.74) is 1.99. The minimum atomic E-state index is -0.130. The second kappa shape index (κ2) is 9.40. The highest BCUT2D eigenvalue weighted by Gasteiger charge is 2.16. The number of hydrogen-bond acceptors (Lipinski definition) is 3. The predicted octanol–water partition coefficient (Wildman–Crippen LogP) is 3.61. The van der Waals surface area contributed by atoms with Crippen molar-refractivity contribution in [3.63, 3.8) is 0 Å². The monoisotopic (exact) mass is 319 g/mol. The molecule has 5 heteroatoms. The van der Waals surface area contributed by atoms with Crippen LogP contribution < -0.4 is 15.5 Å². The summed E-state index contributed by atoms with van der Waals surface area (Å²) in [5.74, 6) is 0. The number of carbonyl (C=O) groups is 1. The van der Waals surface area contributed by atoms with Gasteiger partial charge in [0.05, 0.1) is 12.7 Å². The number of amides is 2. The fraction of sp³-hybridized carbons (Fsp3) is 0.611. The Morgan fingerprint density at radius 3 is 2.74 bits per heavy atom. The van der Waals surface area contributed by atoms with Gasteiger partial charge in [0.1, 0.15) is 0 Å². The maximum atomic E-state index is 11.8. The molecule has 0 saturated carbocycles. The molecule has 2 rings (SSSR count). The molecule has 0 bridgehead atoms. The molecular formula is C18H29N3O2. The molecule has 5 nitrogen and oxygen atoms in total. The molecule has 1 aromatic carbocycles. The molecule has 1 aliphatic rings. The van der Waals surface area contributed by atoms with Crippen LogP contribution in [0.1, 0.15) is 39.5 Å². The molecule has 0 spiro atoms. The number of carbonyl (C=O) groups excluding carboxylic acids is 1. The van der Waals surface area contributed by atoms with Crippen molar-refractivity contribution >= 4 is 17.4 Å². The lowest BCUT2D eigenvalue weighted by Gasteiger charge is -2.33. The molecule has 0 aliphatic carbocycles. The maximum absolute atomic E-state index is 11.8. The molecule has 2 N–H and O–H groups in total. The number of hydrogen-bond donors (Lipinski definition) is 2. The Kier molecular flexibility index (Phi) is 7.20. The van der Waals surface area contributed by atoms with Crippen LogP contribution in [0.15, 0.2) is 24.3 Å². The molecule has 1 aromatic rings. The lowest BCUT2D eigenvalue weighted by molar-refractivity contribution is 0.0532. The van der Waals surface area contributed by atoms with Gasteiger partial charge in [-0.05, 0) is 37.6 Å². The lowest BCUT2D eigenvalue weighted by Crippen LogP contribution is -2.41. The van der Waals surface area contributed by atoms with Crippen LogP contribution in [-0.4, -0.2) is 38.4 Å². The number of benzene rings is 1. The third kappa shape index (κ3) is 6.10. The van der Waals surface area contributed by atoms with Crippen LogP contribution in [0.2, 0.25) is 0 Å². The van der Waals surface area contributed by atoms with Crippen LogP contribution in [0.5, 0.6) is 0 Å². The van der Waals surface area contributed by atoms with E-state index in [1.807, 2.05) is 12.1 Å². The number of ether oxygens (including phenoxy) is 1. The van der Waals surface area contributed by atoms with Gasteiger partial charge in [-0.25, -0.2) is 4.79 Å². The summed E-state index contributed by atoms with van der Waals surface area (Å²) in [6.45, 7) is 7.59. The first-order valence-corrected chi connectivity index (χ1v) is 8.70. The van der Waals surface area contributed by atoms with Crippen LogP contribution in [0.3, 0.4) is 0 Å². The van der Waals surface area contributed by atoms with E-state index in [4.69, 9.17) is 4.74 Å². The van der Waals surface area contributed by atoms with Crippen LogP contribution in [0.25, 0.3) is 0 Å². The van der Waals surface area contributed by atoms with Crippen LogP contribution in [0.4, 0.5) is 16.2 Å². The summed E-state index contributed by atoms with van der Waals surface area (Å²) in [6, 6.07) is 7.87. The third-order valence-corrected chi connectivity index (χ3v) is 4.05. The Balaban J connectivity index is 1.75. The first-order valence-electron chi connectivity index (χ1n) is 8.70. The summed E-state index contributed by atoms with van der Waals surface area (Å²) in [6.07, 6.45) is 4.91. The summed E-state index contributed by atoms with van der Waals surface area (Å²) in [5, 5.41) is 5.78. The highest BCUT2D eigenvalue weighted by Crippen LogP contribution is 2.20. The van der Waals surface area contributed by atoms with Crippen molar-refractivity contribution in [3.8, 4) is 0 Å². The normalized spacial score (nSPS) is 17.8. The highest BCUT2D eigenvalue weighted by molar-refractivity contribution is 5.89. The Hall–Kier alpha value is -1.75. The number of anilines is 2. The minimum absolute atomic E-state index is 0.130. The number of nitrogens with zero attached hydrogens (tertiary/aromatic N) is 1. The van der Waals surface area contributed by atoms with E-state index in [1.165, 1.54) is 24.9 Å². The molecule has 1 saturated heterocycles. The van der Waals surface area contributed by atoms with E-state index >= 15 is 0 Å². The Bertz CT molecular complexity index is 476. The van der Waals surface area contributed by atoms with E-state index in [1.54, 1.807) is 0 Å². The average molecular weight is 319 g/mol. The zero-order valence-corrected chi connectivity index (χ0v) is 14.3. The zero-order chi connectivity index (χ0) is 16.5. The second-order valence-corrected chi connectivity index (χ2v) is 6.12. The van der Waals surface area contributed by atoms with Gasteiger partial charge in [-0.1, -0.05) is 26.2 Å². The van der Waals surface area contributed by atoms with E-state index in [9.17, 15) is 4.79 Å². The SMILES string of the molecule is CCCCCCNC(=O)Nc1ccc(N2CCOC(C)C2)cc1. The largest absolute Gasteiger partial charge is 0.375 e. The van der Waals surface area contributed by atoms with Gasteiger partial charge in [0, 0.05) is 31.0 Å². The number of morpholine rings is 1. The van der Waals surface area contributed by atoms with E-state index in [2.05, 4.69) is 41.5 Å². The van der Waals surface area contributed by atoms with Crippen LogP contribution in [-0.2, 0) is 4.74 Å². The van der Waals surface area contributed by atoms with Gasteiger partial charge in [0.25, 0.3) is 0 Å². The Morgan fingerprint density at radius 2 is 2.04 bits per heavy atom. The van der Waals surface area contributed by atoms with Crippen molar-refractivity contribution in [3.05, 3.63) is 24.3 Å². The van der Waals surface area contributed by atoms with Gasteiger partial charge < -0.3 is 20.3 Å². The third-order valence-electron chi connectivity index (χ3n) is 4.05. The Labute approximate surface area is 139 Å². The predicted molar refractivity (Wildman–Crippen MR) is 95.2 cm³/mol. The van der Waals surface area contributed by atoms with E-state index in [-0.39, 0.29) is 12.1 Å². The quantitative estimate of drug-likeness (QED) is 0.755. The van der Waals surface area contributed by atoms with Gasteiger partial charge in [-0.2, -0.15) is 0 Å². The lowest BCUT2D eigenvalue weighted by atomic mass is 10.2. The van der Waals surface area contributed by atoms with E-state index in [0.29, 0.717) is 0 Å². The number of nitrogens with one attached hydrogen (secondary N) is 2. The maximum Gasteiger partial charge on any atom is 0.319 e. The minimum Gasteiger partial charge on any atom is -0.375 e. The molecule has 1 fully saturated rings.